The molecule has 1 aliphatic rings. The molecule has 0 aliphatic carbocycles. The number of benzene rings is 3. The van der Waals surface area contributed by atoms with E-state index < -0.39 is 52.7 Å². The van der Waals surface area contributed by atoms with Gasteiger partial charge in [0.2, 0.25) is 5.95 Å². The predicted octanol–water partition coefficient (Wildman–Crippen LogP) is 6.57. The first-order valence-electron chi connectivity index (χ1n) is 12.0. The predicted molar refractivity (Wildman–Crippen MR) is 138 cm³/mol. The summed E-state index contributed by atoms with van der Waals surface area (Å²) in [6.07, 6.45) is -3.80. The van der Waals surface area contributed by atoms with Crippen LogP contribution < -0.4 is 10.6 Å². The molecule has 1 aliphatic heterocycles. The number of rotatable bonds is 4. The fraction of sp³-hybridized carbons (Fsp3) is 0.0714. The van der Waals surface area contributed by atoms with Gasteiger partial charge in [-0.15, -0.1) is 0 Å². The Bertz CT molecular complexity index is 1940. The van der Waals surface area contributed by atoms with Crippen LogP contribution in [0.2, 0.25) is 5.02 Å². The first kappa shape index (κ1) is 27.3. The van der Waals surface area contributed by atoms with Crippen molar-refractivity contribution in [2.45, 2.75) is 12.2 Å². The van der Waals surface area contributed by atoms with E-state index in [-0.39, 0.29) is 50.2 Å². The number of nitrogens with one attached hydrogen (secondary N) is 2. The zero-order valence-electron chi connectivity index (χ0n) is 20.7. The number of hydrogen-bond acceptors (Lipinski definition) is 4. The number of nitrogens with zero attached hydrogens (tertiary/aromatic N) is 3. The van der Waals surface area contributed by atoms with E-state index in [1.54, 1.807) is 0 Å². The van der Waals surface area contributed by atoms with Gasteiger partial charge in [-0.3, -0.25) is 9.59 Å². The van der Waals surface area contributed by atoms with Crippen LogP contribution in [-0.2, 0) is 6.18 Å². The third-order valence-corrected chi connectivity index (χ3v) is 7.01. The van der Waals surface area contributed by atoms with Gasteiger partial charge < -0.3 is 10.6 Å². The SMILES string of the molecule is O=C(Nc1cc(-c2cc(F)n3ncnc3c2)cc2c1[C@H](c1cc(F)ccc1Cl)NC2=O)c1cc(F)cc(C(F)(F)F)c1. The lowest BCUT2D eigenvalue weighted by molar-refractivity contribution is -0.137. The molecule has 7 nitrogen and oxygen atoms in total. The van der Waals surface area contributed by atoms with Crippen LogP contribution in [0.1, 0.15) is 43.4 Å². The van der Waals surface area contributed by atoms with Crippen molar-refractivity contribution in [1.29, 1.82) is 0 Å². The maximum absolute atomic E-state index is 14.7. The van der Waals surface area contributed by atoms with Crippen LogP contribution in [0.5, 0.6) is 0 Å². The lowest BCUT2D eigenvalue weighted by atomic mass is 9.92. The number of pyridine rings is 1. The van der Waals surface area contributed by atoms with Crippen molar-refractivity contribution >= 4 is 34.7 Å². The second-order valence-corrected chi connectivity index (χ2v) is 9.74. The number of carbonyl (C=O) groups excluding carboxylic acids is 2. The summed E-state index contributed by atoms with van der Waals surface area (Å²) in [6.45, 7) is 0. The second-order valence-electron chi connectivity index (χ2n) is 9.33. The van der Waals surface area contributed by atoms with Crippen LogP contribution in [0.25, 0.3) is 16.8 Å². The number of amides is 2. The summed E-state index contributed by atoms with van der Waals surface area (Å²) in [6, 6.07) is 9.01. The molecule has 2 aromatic heterocycles. The summed E-state index contributed by atoms with van der Waals surface area (Å²) in [4.78, 5) is 30.3. The van der Waals surface area contributed by atoms with Gasteiger partial charge in [0, 0.05) is 39.0 Å². The summed E-state index contributed by atoms with van der Waals surface area (Å²) in [7, 11) is 0. The third kappa shape index (κ3) is 4.81. The van der Waals surface area contributed by atoms with Crippen molar-refractivity contribution < 1.29 is 35.9 Å². The normalized spacial score (nSPS) is 14.6. The van der Waals surface area contributed by atoms with E-state index >= 15 is 0 Å². The summed E-state index contributed by atoms with van der Waals surface area (Å²) >= 11 is 6.30. The average molecular weight is 602 g/mol. The Hall–Kier alpha value is -4.91. The zero-order valence-corrected chi connectivity index (χ0v) is 21.5. The molecule has 0 spiro atoms. The monoisotopic (exact) mass is 601 g/mol. The minimum absolute atomic E-state index is 0.00917. The van der Waals surface area contributed by atoms with Crippen LogP contribution in [0.4, 0.5) is 32.0 Å². The summed E-state index contributed by atoms with van der Waals surface area (Å²) in [5.74, 6) is -4.55. The number of aromatic nitrogens is 3. The molecule has 0 unspecified atom stereocenters. The number of alkyl halides is 3. The molecule has 0 saturated carbocycles. The Morgan fingerprint density at radius 1 is 0.952 bits per heavy atom. The molecule has 3 heterocycles. The number of anilines is 1. The highest BCUT2D eigenvalue weighted by Crippen LogP contribution is 2.42. The van der Waals surface area contributed by atoms with Crippen LogP contribution in [0.3, 0.4) is 0 Å². The van der Waals surface area contributed by atoms with E-state index in [1.165, 1.54) is 24.3 Å². The highest BCUT2D eigenvalue weighted by Gasteiger charge is 2.36. The topological polar surface area (TPSA) is 88.4 Å². The Morgan fingerprint density at radius 3 is 2.48 bits per heavy atom. The molecule has 0 bridgehead atoms. The minimum Gasteiger partial charge on any atom is -0.341 e. The first-order valence-corrected chi connectivity index (χ1v) is 12.4. The summed E-state index contributed by atoms with van der Waals surface area (Å²) < 4.78 is 83.8. The van der Waals surface area contributed by atoms with Crippen molar-refractivity contribution in [3.63, 3.8) is 0 Å². The lowest BCUT2D eigenvalue weighted by Crippen LogP contribution is -2.21. The minimum atomic E-state index is -4.93. The molecular formula is C28H14ClF6N5O2. The second kappa shape index (κ2) is 9.87. The average Bonchev–Trinajstić information content (AvgIpc) is 3.54. The third-order valence-electron chi connectivity index (χ3n) is 6.66. The molecule has 6 rings (SSSR count). The van der Waals surface area contributed by atoms with E-state index in [0.717, 1.165) is 29.0 Å². The number of hydrogen-bond donors (Lipinski definition) is 2. The molecule has 14 heteroatoms. The van der Waals surface area contributed by atoms with Crippen LogP contribution in [0.15, 0.2) is 67.0 Å². The van der Waals surface area contributed by atoms with Crippen molar-refractivity contribution in [1.82, 2.24) is 19.9 Å². The maximum atomic E-state index is 14.7. The molecule has 5 aromatic rings. The van der Waals surface area contributed by atoms with Crippen LogP contribution in [0, 0.1) is 17.6 Å². The Kier molecular flexibility index (Phi) is 6.41. The summed E-state index contributed by atoms with van der Waals surface area (Å²) in [5.41, 5.74) is -1.35. The van der Waals surface area contributed by atoms with Gasteiger partial charge in [-0.05, 0) is 65.7 Å². The summed E-state index contributed by atoms with van der Waals surface area (Å²) in [5, 5.41) is 8.95. The molecule has 3 aromatic carbocycles. The van der Waals surface area contributed by atoms with E-state index in [1.807, 2.05) is 0 Å². The number of carbonyl (C=O) groups is 2. The van der Waals surface area contributed by atoms with Crippen molar-refractivity contribution in [3.05, 3.63) is 117 Å². The Labute approximate surface area is 236 Å². The highest BCUT2D eigenvalue weighted by atomic mass is 35.5. The number of fused-ring (bicyclic) bond motifs is 2. The van der Waals surface area contributed by atoms with Gasteiger partial charge in [-0.1, -0.05) is 11.6 Å². The van der Waals surface area contributed by atoms with Gasteiger partial charge in [0.1, 0.15) is 18.0 Å². The standard InChI is InChI=1S/C28H14ClF6N5O2/c29-20-2-1-16(30)10-18(20)25-24-19(27(42)39-25)5-12(13-7-22(32)40-23(8-13)36-11-37-40)6-21(24)38-26(41)14-3-15(28(33,34)35)9-17(31)4-14/h1-11,25H,(H,38,41)(H,39,42)/t25-/m0/s1. The maximum Gasteiger partial charge on any atom is 0.416 e. The molecule has 0 radical (unpaired) electrons. The van der Waals surface area contributed by atoms with Gasteiger partial charge in [-0.25, -0.2) is 13.8 Å². The van der Waals surface area contributed by atoms with Gasteiger partial charge in [0.05, 0.1) is 11.6 Å². The first-order chi connectivity index (χ1) is 19.9. The molecule has 212 valence electrons. The van der Waals surface area contributed by atoms with E-state index in [2.05, 4.69) is 20.7 Å². The van der Waals surface area contributed by atoms with Crippen molar-refractivity contribution in [2.24, 2.45) is 0 Å². The van der Waals surface area contributed by atoms with Gasteiger partial charge in [-0.2, -0.15) is 27.2 Å². The molecule has 0 fully saturated rings. The smallest absolute Gasteiger partial charge is 0.341 e. The number of halogens is 7. The quantitative estimate of drug-likeness (QED) is 0.180. The van der Waals surface area contributed by atoms with Gasteiger partial charge >= 0.3 is 6.18 Å². The molecule has 2 amide bonds. The zero-order chi connectivity index (χ0) is 29.9. The Balaban J connectivity index is 1.52. The van der Waals surface area contributed by atoms with Crippen molar-refractivity contribution in [2.75, 3.05) is 5.32 Å². The Morgan fingerprint density at radius 2 is 1.71 bits per heavy atom. The fourth-order valence-corrected chi connectivity index (χ4v) is 5.03. The van der Waals surface area contributed by atoms with Crippen molar-refractivity contribution in [3.8, 4) is 11.1 Å². The molecule has 1 atom stereocenters. The van der Waals surface area contributed by atoms with E-state index in [4.69, 9.17) is 11.6 Å². The largest absolute Gasteiger partial charge is 0.416 e. The molecule has 0 saturated heterocycles. The highest BCUT2D eigenvalue weighted by molar-refractivity contribution is 6.31. The fourth-order valence-electron chi connectivity index (χ4n) is 4.80. The van der Waals surface area contributed by atoms with E-state index in [9.17, 15) is 35.9 Å². The van der Waals surface area contributed by atoms with Crippen LogP contribution in [-0.4, -0.2) is 26.4 Å². The molecule has 2 N–H and O–H groups in total. The van der Waals surface area contributed by atoms with Crippen LogP contribution >= 0.6 is 11.6 Å². The van der Waals surface area contributed by atoms with Gasteiger partial charge in [0.25, 0.3) is 11.8 Å². The van der Waals surface area contributed by atoms with E-state index in [0.29, 0.717) is 12.1 Å². The molecule has 42 heavy (non-hydrogen) atoms. The lowest BCUT2D eigenvalue weighted by Gasteiger charge is -2.19. The van der Waals surface area contributed by atoms with Gasteiger partial charge in [0.15, 0.2) is 5.65 Å². The molecular weight excluding hydrogens is 588 g/mol.